The monoisotopic (exact) mass is 744 g/mol. The Morgan fingerprint density at radius 3 is 1.64 bits per heavy atom. The Morgan fingerprint density at radius 1 is 0.864 bits per heavy atom. The van der Waals surface area contributed by atoms with Gasteiger partial charge in [-0.25, -0.2) is 0 Å². The van der Waals surface area contributed by atoms with Crippen LogP contribution in [0.25, 0.3) is 5.57 Å². The summed E-state index contributed by atoms with van der Waals surface area (Å²) >= 11 is 8.55. The normalized spacial score (nSPS) is 12.2. The fourth-order valence-electron chi connectivity index (χ4n) is 2.04. The molecule has 0 amide bonds. The number of phenols is 2. The van der Waals surface area contributed by atoms with Gasteiger partial charge < -0.3 is 10.2 Å². The zero-order valence-electron chi connectivity index (χ0n) is 11.5. The Labute approximate surface area is 184 Å². The van der Waals surface area contributed by atoms with Gasteiger partial charge >= 0.3 is 0 Å². The van der Waals surface area contributed by atoms with E-state index in [4.69, 9.17) is 0 Å². The Balaban J connectivity index is 2.41. The van der Waals surface area contributed by atoms with Gasteiger partial charge in [0.2, 0.25) is 0 Å². The molecule has 2 nitrogen and oxygen atoms in total. The number of aromatic hydroxyl groups is 2. The van der Waals surface area contributed by atoms with E-state index in [0.717, 1.165) is 31.0 Å². The molecule has 22 heavy (non-hydrogen) atoms. The van der Waals surface area contributed by atoms with E-state index in [2.05, 4.69) is 104 Å². The third-order valence-electron chi connectivity index (χ3n) is 3.45. The van der Waals surface area contributed by atoms with Crippen LogP contribution in [0.4, 0.5) is 0 Å². The molecule has 6 heteroatoms. The zero-order valence-corrected chi connectivity index (χ0v) is 20.1. The van der Waals surface area contributed by atoms with Crippen LogP contribution in [0.1, 0.15) is 24.0 Å². The number of halogens is 4. The van der Waals surface area contributed by atoms with Gasteiger partial charge in [-0.1, -0.05) is 13.5 Å². The Hall–Kier alpha value is 0.700. The van der Waals surface area contributed by atoms with Gasteiger partial charge in [0.25, 0.3) is 0 Å². The van der Waals surface area contributed by atoms with Gasteiger partial charge in [0, 0.05) is 5.92 Å². The van der Waals surface area contributed by atoms with Gasteiger partial charge in [0.1, 0.15) is 11.5 Å². The molecule has 0 saturated heterocycles. The van der Waals surface area contributed by atoms with E-state index in [-0.39, 0.29) is 5.92 Å². The van der Waals surface area contributed by atoms with Crippen molar-refractivity contribution in [1.82, 2.24) is 0 Å². The molecule has 0 radical (unpaired) electrons. The summed E-state index contributed by atoms with van der Waals surface area (Å²) in [5.41, 5.74) is 3.14. The number of hydrogen-bond acceptors (Lipinski definition) is 2. The van der Waals surface area contributed by atoms with Gasteiger partial charge in [0.15, 0.2) is 0 Å². The largest absolute Gasteiger partial charge is 0.506 e. The summed E-state index contributed by atoms with van der Waals surface area (Å²) in [5.74, 6) is 0.773. The highest BCUT2D eigenvalue weighted by Gasteiger charge is 2.17. The summed E-state index contributed by atoms with van der Waals surface area (Å²) in [6, 6.07) is 7.88. The molecule has 0 spiro atoms. The van der Waals surface area contributed by atoms with Gasteiger partial charge in [-0.05, 0) is 131 Å². The van der Waals surface area contributed by atoms with E-state index in [1.807, 2.05) is 24.3 Å². The molecule has 0 heterocycles. The van der Waals surface area contributed by atoms with Crippen molar-refractivity contribution < 1.29 is 10.2 Å². The van der Waals surface area contributed by atoms with Crippen molar-refractivity contribution in [2.75, 3.05) is 0 Å². The Morgan fingerprint density at radius 2 is 1.23 bits per heavy atom. The standard InChI is InChI=1S/C16H12I4O2/c1-7(9-3-11(17)15(21)12(18)4-9)8(2)10-5-13(19)16(22)14(20)6-10/h3-6,8,21-22H,1H2,2H3. The van der Waals surface area contributed by atoms with Crippen LogP contribution in [0.2, 0.25) is 0 Å². The minimum Gasteiger partial charge on any atom is -0.506 e. The van der Waals surface area contributed by atoms with Gasteiger partial charge in [0.05, 0.1) is 14.3 Å². The van der Waals surface area contributed by atoms with Crippen molar-refractivity contribution in [2.24, 2.45) is 0 Å². The maximum Gasteiger partial charge on any atom is 0.142 e. The molecule has 0 aliphatic rings. The highest BCUT2D eigenvalue weighted by molar-refractivity contribution is 14.1. The van der Waals surface area contributed by atoms with Crippen molar-refractivity contribution in [3.8, 4) is 11.5 Å². The highest BCUT2D eigenvalue weighted by Crippen LogP contribution is 2.37. The predicted molar refractivity (Wildman–Crippen MR) is 125 cm³/mol. The van der Waals surface area contributed by atoms with E-state index in [0.29, 0.717) is 11.5 Å². The van der Waals surface area contributed by atoms with Crippen LogP contribution < -0.4 is 0 Å². The second-order valence-electron chi connectivity index (χ2n) is 4.87. The average molecular weight is 744 g/mol. The molecule has 2 N–H and O–H groups in total. The van der Waals surface area contributed by atoms with E-state index in [9.17, 15) is 10.2 Å². The minimum atomic E-state index is 0.124. The van der Waals surface area contributed by atoms with Gasteiger partial charge in [-0.2, -0.15) is 0 Å². The molecule has 1 unspecified atom stereocenters. The topological polar surface area (TPSA) is 40.5 Å². The average Bonchev–Trinajstić information content (AvgIpc) is 2.47. The van der Waals surface area contributed by atoms with Crippen molar-refractivity contribution in [2.45, 2.75) is 12.8 Å². The fraction of sp³-hybridized carbons (Fsp3) is 0.125. The van der Waals surface area contributed by atoms with Crippen LogP contribution >= 0.6 is 90.4 Å². The van der Waals surface area contributed by atoms with E-state index in [1.165, 1.54) is 0 Å². The van der Waals surface area contributed by atoms with Crippen molar-refractivity contribution in [1.29, 1.82) is 0 Å². The van der Waals surface area contributed by atoms with Crippen molar-refractivity contribution >= 4 is 95.9 Å². The first-order valence-electron chi connectivity index (χ1n) is 6.27. The van der Waals surface area contributed by atoms with Crippen LogP contribution in [0.3, 0.4) is 0 Å². The molecule has 1 atom stereocenters. The highest BCUT2D eigenvalue weighted by atomic mass is 127. The zero-order chi connectivity index (χ0) is 16.6. The summed E-state index contributed by atoms with van der Waals surface area (Å²) < 4.78 is 3.33. The molecule has 0 aliphatic heterocycles. The second kappa shape index (κ2) is 7.72. The molecule has 0 fully saturated rings. The first kappa shape index (κ1) is 19.0. The molecular formula is C16H12I4O2. The lowest BCUT2D eigenvalue weighted by atomic mass is 9.89. The lowest BCUT2D eigenvalue weighted by Crippen LogP contribution is -1.99. The SMILES string of the molecule is C=C(c1cc(I)c(O)c(I)c1)C(C)c1cc(I)c(O)c(I)c1. The van der Waals surface area contributed by atoms with Gasteiger partial charge in [-0.3, -0.25) is 0 Å². The predicted octanol–water partition coefficient (Wildman–Crippen LogP) is 6.33. The van der Waals surface area contributed by atoms with E-state index < -0.39 is 0 Å². The maximum absolute atomic E-state index is 9.90. The number of rotatable bonds is 3. The van der Waals surface area contributed by atoms with E-state index >= 15 is 0 Å². The summed E-state index contributed by atoms with van der Waals surface area (Å²) in [6.45, 7) is 6.34. The number of hydrogen-bond donors (Lipinski definition) is 2. The third-order valence-corrected chi connectivity index (χ3v) is 6.74. The fourth-order valence-corrected chi connectivity index (χ4v) is 5.62. The van der Waals surface area contributed by atoms with Crippen LogP contribution in [-0.2, 0) is 0 Å². The lowest BCUT2D eigenvalue weighted by Gasteiger charge is -2.18. The van der Waals surface area contributed by atoms with Gasteiger partial charge in [-0.15, -0.1) is 0 Å². The first-order valence-corrected chi connectivity index (χ1v) is 10.6. The molecule has 116 valence electrons. The number of phenolic OH excluding ortho intramolecular Hbond substituents is 2. The smallest absolute Gasteiger partial charge is 0.142 e. The summed E-state index contributed by atoms with van der Waals surface area (Å²) in [7, 11) is 0. The molecule has 2 rings (SSSR count). The van der Waals surface area contributed by atoms with Crippen LogP contribution in [-0.4, -0.2) is 10.2 Å². The molecule has 0 bridgehead atoms. The van der Waals surface area contributed by atoms with Crippen LogP contribution in [0.15, 0.2) is 30.8 Å². The maximum atomic E-state index is 9.90. The van der Waals surface area contributed by atoms with Crippen molar-refractivity contribution in [3.63, 3.8) is 0 Å². The summed E-state index contributed by atoms with van der Waals surface area (Å²) in [6.07, 6.45) is 0. The van der Waals surface area contributed by atoms with E-state index in [1.54, 1.807) is 0 Å². The molecule has 0 saturated carbocycles. The lowest BCUT2D eigenvalue weighted by molar-refractivity contribution is 0.466. The first-order chi connectivity index (χ1) is 10.2. The molecular weight excluding hydrogens is 732 g/mol. The molecule has 0 aliphatic carbocycles. The van der Waals surface area contributed by atoms with Crippen LogP contribution in [0, 0.1) is 14.3 Å². The summed E-state index contributed by atoms with van der Waals surface area (Å²) in [5, 5.41) is 19.8. The second-order valence-corrected chi connectivity index (χ2v) is 9.52. The number of allylic oxidation sites excluding steroid dienone is 1. The quantitative estimate of drug-likeness (QED) is 0.361. The van der Waals surface area contributed by atoms with Crippen molar-refractivity contribution in [3.05, 3.63) is 56.3 Å². The Bertz CT molecular complexity index is 710. The van der Waals surface area contributed by atoms with Crippen LogP contribution in [0.5, 0.6) is 11.5 Å². The molecule has 0 aromatic heterocycles. The summed E-state index contributed by atoms with van der Waals surface area (Å²) in [4.78, 5) is 0. The molecule has 2 aromatic rings. The molecule has 2 aromatic carbocycles. The third kappa shape index (κ3) is 4.02. The number of benzene rings is 2. The minimum absolute atomic E-state index is 0.124. The Kier molecular flexibility index (Phi) is 6.68.